The van der Waals surface area contributed by atoms with Crippen molar-refractivity contribution >= 4 is 0 Å². The number of methoxy groups -OCH3 is 2. The van der Waals surface area contributed by atoms with Crippen LogP contribution in [-0.2, 0) is 0 Å². The highest BCUT2D eigenvalue weighted by atomic mass is 16.5. The summed E-state index contributed by atoms with van der Waals surface area (Å²) in [6.45, 7) is 2.72. The van der Waals surface area contributed by atoms with Crippen LogP contribution in [0.2, 0.25) is 0 Å². The molecule has 17 heavy (non-hydrogen) atoms. The Morgan fingerprint density at radius 3 is 2.71 bits per heavy atom. The van der Waals surface area contributed by atoms with E-state index in [2.05, 4.69) is 11.4 Å². The molecule has 0 saturated carbocycles. The van der Waals surface area contributed by atoms with Gasteiger partial charge in [0.05, 0.1) is 20.3 Å². The Kier molecular flexibility index (Phi) is 5.31. The predicted octanol–water partition coefficient (Wildman–Crippen LogP) is 2.27. The first-order chi connectivity index (χ1) is 8.22. The van der Waals surface area contributed by atoms with Crippen molar-refractivity contribution in [1.29, 1.82) is 5.26 Å². The Morgan fingerprint density at radius 1 is 1.35 bits per heavy atom. The number of ether oxygens (including phenoxy) is 2. The van der Waals surface area contributed by atoms with E-state index >= 15 is 0 Å². The van der Waals surface area contributed by atoms with Gasteiger partial charge in [0.15, 0.2) is 0 Å². The fraction of sp³-hybridized carbons (Fsp3) is 0.462. The molecule has 1 unspecified atom stereocenters. The topological polar surface area (TPSA) is 54.3 Å². The van der Waals surface area contributed by atoms with E-state index in [1.165, 1.54) is 0 Å². The molecule has 0 radical (unpaired) electrons. The zero-order valence-electron chi connectivity index (χ0n) is 10.5. The van der Waals surface area contributed by atoms with Gasteiger partial charge in [0.2, 0.25) is 0 Å². The summed E-state index contributed by atoms with van der Waals surface area (Å²) in [7, 11) is 3.27. The Balaban J connectivity index is 2.78. The van der Waals surface area contributed by atoms with Crippen LogP contribution in [-0.4, -0.2) is 20.8 Å². The number of nitriles is 1. The molecule has 0 aliphatic heterocycles. The normalized spacial score (nSPS) is 11.6. The van der Waals surface area contributed by atoms with Crippen molar-refractivity contribution in [3.05, 3.63) is 23.8 Å². The van der Waals surface area contributed by atoms with E-state index < -0.39 is 0 Å². The summed E-state index contributed by atoms with van der Waals surface area (Å²) < 4.78 is 10.5. The van der Waals surface area contributed by atoms with Crippen LogP contribution in [0, 0.1) is 11.3 Å². The summed E-state index contributed by atoms with van der Waals surface area (Å²) in [5.41, 5.74) is 1.06. The van der Waals surface area contributed by atoms with E-state index in [4.69, 9.17) is 14.7 Å². The number of nitrogens with one attached hydrogen (secondary N) is 1. The van der Waals surface area contributed by atoms with E-state index in [1.54, 1.807) is 14.2 Å². The van der Waals surface area contributed by atoms with Crippen molar-refractivity contribution < 1.29 is 9.47 Å². The zero-order chi connectivity index (χ0) is 12.7. The molecule has 0 saturated heterocycles. The Labute approximate surface area is 102 Å². The molecule has 0 aliphatic rings. The van der Waals surface area contributed by atoms with Crippen molar-refractivity contribution in [3.8, 4) is 17.6 Å². The number of hydrogen-bond donors (Lipinski definition) is 1. The minimum absolute atomic E-state index is 0.143. The number of rotatable bonds is 6. The molecule has 4 nitrogen and oxygen atoms in total. The fourth-order valence-corrected chi connectivity index (χ4v) is 1.63. The van der Waals surface area contributed by atoms with Gasteiger partial charge in [-0.15, -0.1) is 0 Å². The lowest BCUT2D eigenvalue weighted by atomic mass is 10.1. The van der Waals surface area contributed by atoms with Gasteiger partial charge in [0, 0.05) is 30.6 Å². The monoisotopic (exact) mass is 234 g/mol. The Bertz CT molecular complexity index is 399. The lowest BCUT2D eigenvalue weighted by Crippen LogP contribution is -2.20. The maximum absolute atomic E-state index is 8.49. The second kappa shape index (κ2) is 6.77. The minimum Gasteiger partial charge on any atom is -0.497 e. The van der Waals surface area contributed by atoms with Gasteiger partial charge in [-0.2, -0.15) is 5.26 Å². The van der Waals surface area contributed by atoms with Crippen molar-refractivity contribution in [1.82, 2.24) is 5.32 Å². The minimum atomic E-state index is 0.143. The van der Waals surface area contributed by atoms with Crippen molar-refractivity contribution in [2.24, 2.45) is 0 Å². The second-order valence-electron chi connectivity index (χ2n) is 3.69. The van der Waals surface area contributed by atoms with E-state index in [9.17, 15) is 0 Å². The number of hydrogen-bond acceptors (Lipinski definition) is 4. The van der Waals surface area contributed by atoms with Gasteiger partial charge in [-0.25, -0.2) is 0 Å². The third-order valence-corrected chi connectivity index (χ3v) is 2.59. The molecule has 1 rings (SSSR count). The summed E-state index contributed by atoms with van der Waals surface area (Å²) in [5, 5.41) is 11.8. The van der Waals surface area contributed by atoms with Crippen LogP contribution in [0.15, 0.2) is 18.2 Å². The van der Waals surface area contributed by atoms with Crippen LogP contribution >= 0.6 is 0 Å². The van der Waals surface area contributed by atoms with E-state index in [1.807, 2.05) is 25.1 Å². The standard InChI is InChI=1S/C13H18N2O2/c1-10(15-8-4-7-14)12-6-5-11(16-2)9-13(12)17-3/h5-6,9-10,15H,4,8H2,1-3H3. The first kappa shape index (κ1) is 13.3. The third-order valence-electron chi connectivity index (χ3n) is 2.59. The average molecular weight is 234 g/mol. The Hall–Kier alpha value is -1.73. The maximum atomic E-state index is 8.49. The number of nitrogens with zero attached hydrogens (tertiary/aromatic N) is 1. The number of benzene rings is 1. The Morgan fingerprint density at radius 2 is 2.12 bits per heavy atom. The van der Waals surface area contributed by atoms with Crippen molar-refractivity contribution in [2.75, 3.05) is 20.8 Å². The molecule has 4 heteroatoms. The molecule has 0 amide bonds. The SMILES string of the molecule is COc1ccc(C(C)NCCC#N)c(OC)c1. The first-order valence-corrected chi connectivity index (χ1v) is 5.55. The van der Waals surface area contributed by atoms with E-state index in [-0.39, 0.29) is 6.04 Å². The van der Waals surface area contributed by atoms with Crippen LogP contribution in [0.1, 0.15) is 24.9 Å². The van der Waals surface area contributed by atoms with Crippen molar-refractivity contribution in [3.63, 3.8) is 0 Å². The van der Waals surface area contributed by atoms with Crippen LogP contribution in [0.5, 0.6) is 11.5 Å². The van der Waals surface area contributed by atoms with Crippen LogP contribution in [0.3, 0.4) is 0 Å². The van der Waals surface area contributed by atoms with Gasteiger partial charge in [-0.05, 0) is 13.0 Å². The van der Waals surface area contributed by atoms with Crippen LogP contribution < -0.4 is 14.8 Å². The van der Waals surface area contributed by atoms with Gasteiger partial charge < -0.3 is 14.8 Å². The third kappa shape index (κ3) is 3.65. The first-order valence-electron chi connectivity index (χ1n) is 5.55. The molecule has 1 atom stereocenters. The summed E-state index contributed by atoms with van der Waals surface area (Å²) in [6, 6.07) is 7.99. The molecule has 1 N–H and O–H groups in total. The highest BCUT2D eigenvalue weighted by Gasteiger charge is 2.11. The molecule has 0 aromatic heterocycles. The molecular formula is C13H18N2O2. The highest BCUT2D eigenvalue weighted by molar-refractivity contribution is 5.42. The molecular weight excluding hydrogens is 216 g/mol. The van der Waals surface area contributed by atoms with Crippen LogP contribution in [0.4, 0.5) is 0 Å². The van der Waals surface area contributed by atoms with Gasteiger partial charge >= 0.3 is 0 Å². The lowest BCUT2D eigenvalue weighted by Gasteiger charge is -2.17. The summed E-state index contributed by atoms with van der Waals surface area (Å²) in [4.78, 5) is 0. The summed E-state index contributed by atoms with van der Waals surface area (Å²) >= 11 is 0. The maximum Gasteiger partial charge on any atom is 0.127 e. The van der Waals surface area contributed by atoms with Gasteiger partial charge in [0.25, 0.3) is 0 Å². The van der Waals surface area contributed by atoms with Gasteiger partial charge in [-0.1, -0.05) is 6.07 Å². The van der Waals surface area contributed by atoms with Crippen LogP contribution in [0.25, 0.3) is 0 Å². The molecule has 0 aliphatic carbocycles. The molecule has 1 aromatic rings. The smallest absolute Gasteiger partial charge is 0.127 e. The molecule has 1 aromatic carbocycles. The fourth-order valence-electron chi connectivity index (χ4n) is 1.63. The van der Waals surface area contributed by atoms with Gasteiger partial charge in [-0.3, -0.25) is 0 Å². The largest absolute Gasteiger partial charge is 0.497 e. The highest BCUT2D eigenvalue weighted by Crippen LogP contribution is 2.29. The average Bonchev–Trinajstić information content (AvgIpc) is 2.38. The van der Waals surface area contributed by atoms with Crippen molar-refractivity contribution in [2.45, 2.75) is 19.4 Å². The van der Waals surface area contributed by atoms with E-state index in [0.717, 1.165) is 17.1 Å². The lowest BCUT2D eigenvalue weighted by molar-refractivity contribution is 0.386. The summed E-state index contributed by atoms with van der Waals surface area (Å²) in [6.07, 6.45) is 0.503. The van der Waals surface area contributed by atoms with Gasteiger partial charge in [0.1, 0.15) is 11.5 Å². The molecule has 0 fully saturated rings. The second-order valence-corrected chi connectivity index (χ2v) is 3.69. The summed E-state index contributed by atoms with van der Waals surface area (Å²) in [5.74, 6) is 1.57. The molecule has 0 bridgehead atoms. The zero-order valence-corrected chi connectivity index (χ0v) is 10.5. The molecule has 0 heterocycles. The van der Waals surface area contributed by atoms with E-state index in [0.29, 0.717) is 13.0 Å². The predicted molar refractivity (Wildman–Crippen MR) is 66.2 cm³/mol. The quantitative estimate of drug-likeness (QED) is 0.767. The molecule has 0 spiro atoms. The molecule has 92 valence electrons.